The van der Waals surface area contributed by atoms with Gasteiger partial charge in [-0.05, 0) is 23.6 Å². The number of hydrogen-bond donors (Lipinski definition) is 2. The highest BCUT2D eigenvalue weighted by atomic mass is 19.1. The third-order valence-corrected chi connectivity index (χ3v) is 3.24. The summed E-state index contributed by atoms with van der Waals surface area (Å²) < 4.78 is 12.7. The molecule has 0 aliphatic heterocycles. The van der Waals surface area contributed by atoms with E-state index >= 15 is 0 Å². The summed E-state index contributed by atoms with van der Waals surface area (Å²) in [6, 6.07) is 5.63. The van der Waals surface area contributed by atoms with Crippen molar-refractivity contribution in [2.45, 2.75) is 25.0 Å². The lowest BCUT2D eigenvalue weighted by atomic mass is 9.88. The molecule has 0 heterocycles. The molecule has 4 unspecified atom stereocenters. The zero-order valence-electron chi connectivity index (χ0n) is 8.80. The van der Waals surface area contributed by atoms with E-state index in [-0.39, 0.29) is 11.7 Å². The van der Waals surface area contributed by atoms with Gasteiger partial charge in [0.1, 0.15) is 18.0 Å². The predicted molar refractivity (Wildman–Crippen MR) is 55.3 cm³/mol. The molecule has 0 bridgehead atoms. The third kappa shape index (κ3) is 1.64. The molecule has 16 heavy (non-hydrogen) atoms. The van der Waals surface area contributed by atoms with Gasteiger partial charge in [0.2, 0.25) is 0 Å². The van der Waals surface area contributed by atoms with Crippen LogP contribution in [0.4, 0.5) is 4.39 Å². The number of rotatable bonds is 1. The lowest BCUT2D eigenvalue weighted by Gasteiger charge is -2.18. The molecule has 0 radical (unpaired) electrons. The van der Waals surface area contributed by atoms with Gasteiger partial charge in [0.25, 0.3) is 0 Å². The lowest BCUT2D eigenvalue weighted by Crippen LogP contribution is -2.24. The maximum Gasteiger partial charge on any atom is 0.190 e. The maximum absolute atomic E-state index is 12.7. The van der Waals surface area contributed by atoms with Crippen molar-refractivity contribution < 1.29 is 19.4 Å². The number of hydrogen-bond acceptors (Lipinski definition) is 3. The first-order valence-corrected chi connectivity index (χ1v) is 5.17. The van der Waals surface area contributed by atoms with E-state index in [4.69, 9.17) is 0 Å². The van der Waals surface area contributed by atoms with Crippen molar-refractivity contribution in [3.63, 3.8) is 0 Å². The molecule has 1 saturated carbocycles. The molecule has 4 atom stereocenters. The van der Waals surface area contributed by atoms with Crippen molar-refractivity contribution in [2.24, 2.45) is 5.92 Å². The SMILES string of the molecule is CC1C(O)C(=O)C(O)C1c1ccc(F)cc1. The number of Topliss-reactive ketones (excluding diaryl/α,β-unsaturated/α-hetero) is 1. The Balaban J connectivity index is 2.34. The van der Waals surface area contributed by atoms with Gasteiger partial charge in [-0.1, -0.05) is 19.1 Å². The summed E-state index contributed by atoms with van der Waals surface area (Å²) in [6.45, 7) is 1.70. The summed E-state index contributed by atoms with van der Waals surface area (Å²) in [4.78, 5) is 11.4. The lowest BCUT2D eigenvalue weighted by molar-refractivity contribution is -0.131. The fourth-order valence-electron chi connectivity index (χ4n) is 2.27. The Morgan fingerprint density at radius 1 is 1.12 bits per heavy atom. The molecule has 1 aromatic carbocycles. The number of aliphatic hydroxyl groups excluding tert-OH is 2. The average Bonchev–Trinajstić information content (AvgIpc) is 2.46. The smallest absolute Gasteiger partial charge is 0.190 e. The second-order valence-electron chi connectivity index (χ2n) is 4.23. The average molecular weight is 224 g/mol. The first-order valence-electron chi connectivity index (χ1n) is 5.17. The van der Waals surface area contributed by atoms with Crippen molar-refractivity contribution in [1.29, 1.82) is 0 Å². The molecule has 1 aliphatic rings. The van der Waals surface area contributed by atoms with Crippen LogP contribution in [0, 0.1) is 11.7 Å². The molecule has 1 aliphatic carbocycles. The van der Waals surface area contributed by atoms with Crippen LogP contribution >= 0.6 is 0 Å². The summed E-state index contributed by atoms with van der Waals surface area (Å²) in [5.74, 6) is -1.73. The van der Waals surface area contributed by atoms with Gasteiger partial charge in [0.15, 0.2) is 5.78 Å². The molecule has 0 saturated heterocycles. The molecule has 0 aromatic heterocycles. The summed E-state index contributed by atoms with van der Waals surface area (Å²) >= 11 is 0. The van der Waals surface area contributed by atoms with Crippen molar-refractivity contribution in [3.05, 3.63) is 35.6 Å². The van der Waals surface area contributed by atoms with Gasteiger partial charge < -0.3 is 10.2 Å². The van der Waals surface area contributed by atoms with E-state index in [1.54, 1.807) is 6.92 Å². The number of halogens is 1. The molecule has 2 N–H and O–H groups in total. The van der Waals surface area contributed by atoms with E-state index < -0.39 is 23.9 Å². The maximum atomic E-state index is 12.7. The minimum Gasteiger partial charge on any atom is -0.385 e. The van der Waals surface area contributed by atoms with Crippen LogP contribution in [0.1, 0.15) is 18.4 Å². The first-order chi connectivity index (χ1) is 7.52. The van der Waals surface area contributed by atoms with Crippen LogP contribution in [-0.4, -0.2) is 28.2 Å². The van der Waals surface area contributed by atoms with Crippen LogP contribution in [0.3, 0.4) is 0 Å². The molecule has 0 amide bonds. The van der Waals surface area contributed by atoms with Crippen molar-refractivity contribution >= 4 is 5.78 Å². The van der Waals surface area contributed by atoms with E-state index in [2.05, 4.69) is 0 Å². The van der Waals surface area contributed by atoms with Crippen LogP contribution in [0.25, 0.3) is 0 Å². The monoisotopic (exact) mass is 224 g/mol. The molecular weight excluding hydrogens is 211 g/mol. The highest BCUT2D eigenvalue weighted by Gasteiger charge is 2.46. The second kappa shape index (κ2) is 3.96. The Labute approximate surface area is 92.5 Å². The van der Waals surface area contributed by atoms with Gasteiger partial charge in [0, 0.05) is 5.92 Å². The molecule has 3 nitrogen and oxygen atoms in total. The third-order valence-electron chi connectivity index (χ3n) is 3.24. The fourth-order valence-corrected chi connectivity index (χ4v) is 2.27. The van der Waals surface area contributed by atoms with Gasteiger partial charge in [0.05, 0.1) is 0 Å². The highest BCUT2D eigenvalue weighted by molar-refractivity contribution is 5.91. The van der Waals surface area contributed by atoms with E-state index in [0.29, 0.717) is 5.56 Å². The minimum absolute atomic E-state index is 0.354. The summed E-state index contributed by atoms with van der Waals surface area (Å²) in [5.41, 5.74) is 0.673. The number of carbonyl (C=O) groups excluding carboxylic acids is 1. The Morgan fingerprint density at radius 2 is 1.69 bits per heavy atom. The van der Waals surface area contributed by atoms with E-state index in [1.807, 2.05) is 0 Å². The van der Waals surface area contributed by atoms with Gasteiger partial charge in [-0.3, -0.25) is 4.79 Å². The number of ketones is 1. The Morgan fingerprint density at radius 3 is 2.12 bits per heavy atom. The van der Waals surface area contributed by atoms with Gasteiger partial charge in [-0.25, -0.2) is 4.39 Å². The number of aliphatic hydroxyl groups is 2. The van der Waals surface area contributed by atoms with Crippen molar-refractivity contribution in [1.82, 2.24) is 0 Å². The Kier molecular flexibility index (Phi) is 2.78. The molecule has 86 valence electrons. The zero-order chi connectivity index (χ0) is 11.9. The van der Waals surface area contributed by atoms with Crippen LogP contribution in [0.5, 0.6) is 0 Å². The van der Waals surface area contributed by atoms with Crippen LogP contribution in [-0.2, 0) is 4.79 Å². The fraction of sp³-hybridized carbons (Fsp3) is 0.417. The van der Waals surface area contributed by atoms with Crippen molar-refractivity contribution in [2.75, 3.05) is 0 Å². The highest BCUT2D eigenvalue weighted by Crippen LogP contribution is 2.37. The summed E-state index contributed by atoms with van der Waals surface area (Å²) in [7, 11) is 0. The topological polar surface area (TPSA) is 57.5 Å². The summed E-state index contributed by atoms with van der Waals surface area (Å²) in [6.07, 6.45) is -2.33. The first kappa shape index (κ1) is 11.2. The molecule has 4 heteroatoms. The Bertz CT molecular complexity index is 401. The van der Waals surface area contributed by atoms with Crippen molar-refractivity contribution in [3.8, 4) is 0 Å². The molecule has 0 spiro atoms. The van der Waals surface area contributed by atoms with Crippen LogP contribution in [0.2, 0.25) is 0 Å². The number of benzene rings is 1. The van der Waals surface area contributed by atoms with E-state index in [9.17, 15) is 19.4 Å². The Hall–Kier alpha value is -1.26. The summed E-state index contributed by atoms with van der Waals surface area (Å²) in [5, 5.41) is 19.3. The van der Waals surface area contributed by atoms with Gasteiger partial charge in [-0.2, -0.15) is 0 Å². The second-order valence-corrected chi connectivity index (χ2v) is 4.23. The molecular formula is C12H13FO3. The van der Waals surface area contributed by atoms with Gasteiger partial charge >= 0.3 is 0 Å². The quantitative estimate of drug-likeness (QED) is 0.743. The van der Waals surface area contributed by atoms with E-state index in [1.165, 1.54) is 24.3 Å². The number of carbonyl (C=O) groups is 1. The molecule has 2 rings (SSSR count). The predicted octanol–water partition coefficient (Wildman–Crippen LogP) is 0.850. The largest absolute Gasteiger partial charge is 0.385 e. The van der Waals surface area contributed by atoms with E-state index in [0.717, 1.165) is 0 Å². The standard InChI is InChI=1S/C12H13FO3/c1-6-9(11(15)12(16)10(6)14)7-2-4-8(13)5-3-7/h2-6,9-11,14-15H,1H3. The van der Waals surface area contributed by atoms with Crippen LogP contribution in [0.15, 0.2) is 24.3 Å². The minimum atomic E-state index is -1.20. The molecule has 1 fully saturated rings. The molecule has 1 aromatic rings. The normalized spacial score (nSPS) is 34.4. The zero-order valence-corrected chi connectivity index (χ0v) is 8.80. The van der Waals surface area contributed by atoms with Crippen LogP contribution < -0.4 is 0 Å². The van der Waals surface area contributed by atoms with Gasteiger partial charge in [-0.15, -0.1) is 0 Å².